The Kier molecular flexibility index (Phi) is 9.78. The topological polar surface area (TPSA) is 121 Å². The van der Waals surface area contributed by atoms with E-state index in [0.717, 1.165) is 16.8 Å². The summed E-state index contributed by atoms with van der Waals surface area (Å²) in [6.45, 7) is 5.78. The molecule has 0 radical (unpaired) electrons. The fourth-order valence-electron chi connectivity index (χ4n) is 4.05. The van der Waals surface area contributed by atoms with Gasteiger partial charge in [0, 0.05) is 30.3 Å². The number of pyridine rings is 1. The number of esters is 2. The zero-order chi connectivity index (χ0) is 29.4. The third-order valence-electron chi connectivity index (χ3n) is 6.48. The van der Waals surface area contributed by atoms with Crippen LogP contribution in [-0.4, -0.2) is 39.4 Å². The van der Waals surface area contributed by atoms with Gasteiger partial charge in [0.15, 0.2) is 0 Å². The Labute approximate surface area is 243 Å². The van der Waals surface area contributed by atoms with E-state index >= 15 is 0 Å². The van der Waals surface area contributed by atoms with E-state index in [2.05, 4.69) is 10.3 Å². The Morgan fingerprint density at radius 3 is 2.29 bits per heavy atom. The number of aromatic nitrogens is 1. The minimum Gasteiger partial charge on any atom is -0.493 e. The Balaban J connectivity index is 1.31. The van der Waals surface area contributed by atoms with Crippen molar-refractivity contribution in [2.24, 2.45) is 5.92 Å². The zero-order valence-electron chi connectivity index (χ0n) is 23.1. The van der Waals surface area contributed by atoms with Crippen molar-refractivity contribution in [2.75, 3.05) is 6.61 Å². The standard InChI is InChI=1S/C31H32N2O7S/c1-20(2)27(34)40-21(3)24-11-12-25(32-18-24)15-16-38-26-13-9-22(10-14-26)17-31(28(35)33-30(37)41-31)29(36)39-19-23-7-5-4-6-8-23/h4-14,18,20-21H,15-17,19H2,1-3H3,(H,33,35,37)/t21-,31?/m1/s1. The van der Waals surface area contributed by atoms with Gasteiger partial charge < -0.3 is 14.2 Å². The van der Waals surface area contributed by atoms with Gasteiger partial charge in [0.1, 0.15) is 18.5 Å². The number of amides is 2. The lowest BCUT2D eigenvalue weighted by atomic mass is 9.97. The van der Waals surface area contributed by atoms with Crippen molar-refractivity contribution in [3.05, 3.63) is 95.3 Å². The van der Waals surface area contributed by atoms with Crippen LogP contribution in [0.15, 0.2) is 72.9 Å². The van der Waals surface area contributed by atoms with Crippen molar-refractivity contribution in [1.29, 1.82) is 0 Å². The molecule has 41 heavy (non-hydrogen) atoms. The molecule has 2 amide bonds. The van der Waals surface area contributed by atoms with Crippen molar-refractivity contribution >= 4 is 34.8 Å². The maximum absolute atomic E-state index is 13.1. The molecule has 214 valence electrons. The second-order valence-corrected chi connectivity index (χ2v) is 11.2. The van der Waals surface area contributed by atoms with Crippen LogP contribution in [0.2, 0.25) is 0 Å². The molecule has 1 aliphatic rings. The van der Waals surface area contributed by atoms with Gasteiger partial charge in [0.25, 0.3) is 11.1 Å². The monoisotopic (exact) mass is 576 g/mol. The fourth-order valence-corrected chi connectivity index (χ4v) is 5.04. The second kappa shape index (κ2) is 13.5. The Bertz CT molecular complexity index is 1380. The first-order chi connectivity index (χ1) is 19.7. The van der Waals surface area contributed by atoms with E-state index in [1.54, 1.807) is 44.3 Å². The van der Waals surface area contributed by atoms with Gasteiger partial charge >= 0.3 is 11.9 Å². The summed E-state index contributed by atoms with van der Waals surface area (Å²) < 4.78 is 15.0. The van der Waals surface area contributed by atoms with E-state index in [1.807, 2.05) is 49.4 Å². The summed E-state index contributed by atoms with van der Waals surface area (Å²) in [5.41, 5.74) is 3.10. The first-order valence-electron chi connectivity index (χ1n) is 13.3. The van der Waals surface area contributed by atoms with Crippen molar-refractivity contribution in [3.63, 3.8) is 0 Å². The lowest BCUT2D eigenvalue weighted by Gasteiger charge is -2.22. The quantitative estimate of drug-likeness (QED) is 0.235. The van der Waals surface area contributed by atoms with Gasteiger partial charge in [-0.25, -0.2) is 4.79 Å². The van der Waals surface area contributed by atoms with Crippen LogP contribution in [0.3, 0.4) is 0 Å². The second-order valence-electron chi connectivity index (χ2n) is 9.97. The summed E-state index contributed by atoms with van der Waals surface area (Å²) >= 11 is 0.645. The van der Waals surface area contributed by atoms with E-state index in [-0.39, 0.29) is 31.0 Å². The van der Waals surface area contributed by atoms with Gasteiger partial charge in [-0.1, -0.05) is 62.4 Å². The van der Waals surface area contributed by atoms with Crippen LogP contribution in [0, 0.1) is 5.92 Å². The molecular weight excluding hydrogens is 544 g/mol. The Morgan fingerprint density at radius 1 is 0.951 bits per heavy atom. The molecule has 2 aromatic carbocycles. The van der Waals surface area contributed by atoms with E-state index < -0.39 is 21.9 Å². The molecular formula is C31H32N2O7S. The molecule has 1 saturated heterocycles. The molecule has 1 fully saturated rings. The van der Waals surface area contributed by atoms with E-state index in [4.69, 9.17) is 14.2 Å². The molecule has 4 rings (SSSR count). The third kappa shape index (κ3) is 7.73. The molecule has 3 aromatic rings. The largest absolute Gasteiger partial charge is 0.493 e. The highest BCUT2D eigenvalue weighted by atomic mass is 32.2. The van der Waals surface area contributed by atoms with E-state index in [1.165, 1.54) is 0 Å². The molecule has 9 nitrogen and oxygen atoms in total. The molecule has 0 saturated carbocycles. The molecule has 1 unspecified atom stereocenters. The molecule has 1 N–H and O–H groups in total. The lowest BCUT2D eigenvalue weighted by molar-refractivity contribution is -0.153. The van der Waals surface area contributed by atoms with Crippen LogP contribution in [0.5, 0.6) is 5.75 Å². The summed E-state index contributed by atoms with van der Waals surface area (Å²) in [7, 11) is 0. The Morgan fingerprint density at radius 2 is 1.68 bits per heavy atom. The molecule has 0 spiro atoms. The number of imide groups is 1. The lowest BCUT2D eigenvalue weighted by Crippen LogP contribution is -2.46. The predicted molar refractivity (Wildman–Crippen MR) is 153 cm³/mol. The summed E-state index contributed by atoms with van der Waals surface area (Å²) in [4.78, 5) is 54.1. The number of ether oxygens (including phenoxy) is 3. The number of nitrogens with one attached hydrogen (secondary N) is 1. The number of nitrogens with zero attached hydrogens (tertiary/aromatic N) is 1. The van der Waals surface area contributed by atoms with Crippen molar-refractivity contribution in [1.82, 2.24) is 10.3 Å². The molecule has 1 aliphatic heterocycles. The highest BCUT2D eigenvalue weighted by Gasteiger charge is 2.55. The number of hydrogen-bond donors (Lipinski definition) is 1. The zero-order valence-corrected chi connectivity index (χ0v) is 23.9. The summed E-state index contributed by atoms with van der Waals surface area (Å²) in [5, 5.41) is 1.63. The van der Waals surface area contributed by atoms with Crippen LogP contribution in [-0.2, 0) is 43.3 Å². The van der Waals surface area contributed by atoms with Crippen molar-refractivity contribution in [2.45, 2.75) is 51.1 Å². The molecule has 1 aromatic heterocycles. The smallest absolute Gasteiger partial charge is 0.333 e. The number of hydrogen-bond acceptors (Lipinski definition) is 9. The molecule has 2 atom stereocenters. The average Bonchev–Trinajstić information content (AvgIpc) is 3.26. The van der Waals surface area contributed by atoms with Crippen LogP contribution < -0.4 is 10.1 Å². The summed E-state index contributed by atoms with van der Waals surface area (Å²) in [6, 6.07) is 19.9. The van der Waals surface area contributed by atoms with Crippen molar-refractivity contribution < 1.29 is 33.4 Å². The van der Waals surface area contributed by atoms with Crippen LogP contribution >= 0.6 is 11.8 Å². The van der Waals surface area contributed by atoms with Crippen LogP contribution in [0.4, 0.5) is 4.79 Å². The number of carbonyl (C=O) groups excluding carboxylic acids is 4. The fraction of sp³-hybridized carbons (Fsp3) is 0.323. The highest BCUT2D eigenvalue weighted by molar-refractivity contribution is 8.16. The van der Waals surface area contributed by atoms with Gasteiger partial charge in [-0.2, -0.15) is 0 Å². The van der Waals surface area contributed by atoms with E-state index in [0.29, 0.717) is 36.1 Å². The summed E-state index contributed by atoms with van der Waals surface area (Å²) in [5.74, 6) is -1.28. The Hall–Kier alpha value is -4.18. The SMILES string of the molecule is CC(C)C(=O)O[C@H](C)c1ccc(CCOc2ccc(CC3(C(=O)OCc4ccccc4)SC(=O)NC3=O)cc2)nc1. The van der Waals surface area contributed by atoms with Crippen molar-refractivity contribution in [3.8, 4) is 5.75 Å². The minimum atomic E-state index is -1.70. The van der Waals surface area contributed by atoms with E-state index in [9.17, 15) is 19.2 Å². The number of thioether (sulfide) groups is 1. The van der Waals surface area contributed by atoms with Gasteiger partial charge in [-0.3, -0.25) is 24.7 Å². The maximum Gasteiger partial charge on any atom is 0.333 e. The molecule has 2 heterocycles. The first-order valence-corrected chi connectivity index (χ1v) is 14.1. The normalized spacial score (nSPS) is 17.2. The first kappa shape index (κ1) is 29.8. The van der Waals surface area contributed by atoms with Gasteiger partial charge in [-0.15, -0.1) is 0 Å². The third-order valence-corrected chi connectivity index (χ3v) is 7.61. The number of rotatable bonds is 12. The average molecular weight is 577 g/mol. The van der Waals surface area contributed by atoms with Gasteiger partial charge in [-0.05, 0) is 48.0 Å². The molecule has 0 aliphatic carbocycles. The number of carbonyl (C=O) groups is 4. The van der Waals surface area contributed by atoms with Crippen LogP contribution in [0.25, 0.3) is 0 Å². The highest BCUT2D eigenvalue weighted by Crippen LogP contribution is 2.37. The maximum atomic E-state index is 13.1. The molecule has 0 bridgehead atoms. The number of benzene rings is 2. The summed E-state index contributed by atoms with van der Waals surface area (Å²) in [6.07, 6.45) is 1.88. The van der Waals surface area contributed by atoms with Crippen LogP contribution in [0.1, 0.15) is 49.3 Å². The van der Waals surface area contributed by atoms with Gasteiger partial charge in [0.2, 0.25) is 4.75 Å². The predicted octanol–water partition coefficient (Wildman–Crippen LogP) is 4.97. The molecule has 10 heteroatoms. The minimum absolute atomic E-state index is 0.00156. The van der Waals surface area contributed by atoms with Gasteiger partial charge in [0.05, 0.1) is 12.5 Å².